The highest BCUT2D eigenvalue weighted by Crippen LogP contribution is 2.24. The Labute approximate surface area is 215 Å². The summed E-state index contributed by atoms with van der Waals surface area (Å²) in [4.78, 5) is 24.7. The zero-order valence-electron chi connectivity index (χ0n) is 20.6. The van der Waals surface area contributed by atoms with Gasteiger partial charge in [-0.05, 0) is 66.1 Å². The molecular formula is C29H28N4O4. The van der Waals surface area contributed by atoms with E-state index < -0.39 is 0 Å². The molecule has 4 aromatic rings. The molecule has 4 rings (SSSR count). The van der Waals surface area contributed by atoms with Gasteiger partial charge in [-0.1, -0.05) is 48.5 Å². The number of benzene rings is 4. The number of ether oxygens (including phenoxy) is 2. The van der Waals surface area contributed by atoms with Crippen LogP contribution in [0, 0.1) is 0 Å². The highest BCUT2D eigenvalue weighted by atomic mass is 16.5. The standard InChI is InChI=1S/C29H28N4O4/c1-36-26-9-5-3-7-24(26)32-28(34)30-22-15-11-20(12-16-22)19-21-13-17-23(18-14-21)31-29(35)33-25-8-4-6-10-27(25)37-2/h3-18H,19H2,1-2H3,(H2,30,32,34)(H2,31,33,35). The van der Waals surface area contributed by atoms with Crippen molar-refractivity contribution in [1.82, 2.24) is 0 Å². The number of methoxy groups -OCH3 is 2. The third kappa shape index (κ3) is 7.02. The van der Waals surface area contributed by atoms with Crippen molar-refractivity contribution in [3.05, 3.63) is 108 Å². The van der Waals surface area contributed by atoms with Gasteiger partial charge in [0.2, 0.25) is 0 Å². The Bertz CT molecular complexity index is 1250. The minimum absolute atomic E-state index is 0.352. The molecule has 0 atom stereocenters. The number of urea groups is 2. The SMILES string of the molecule is COc1ccccc1NC(=O)Nc1ccc(Cc2ccc(NC(=O)Nc3ccccc3OC)cc2)cc1. The van der Waals surface area contributed by atoms with Crippen LogP contribution < -0.4 is 30.7 Å². The van der Waals surface area contributed by atoms with Gasteiger partial charge < -0.3 is 30.7 Å². The van der Waals surface area contributed by atoms with Crippen LogP contribution in [0.3, 0.4) is 0 Å². The van der Waals surface area contributed by atoms with E-state index in [9.17, 15) is 9.59 Å². The number of hydrogen-bond acceptors (Lipinski definition) is 4. The van der Waals surface area contributed by atoms with E-state index >= 15 is 0 Å². The van der Waals surface area contributed by atoms with Crippen molar-refractivity contribution in [3.8, 4) is 11.5 Å². The molecule has 0 radical (unpaired) electrons. The Balaban J connectivity index is 1.28. The molecule has 8 nitrogen and oxygen atoms in total. The molecule has 0 aliphatic heterocycles. The van der Waals surface area contributed by atoms with Gasteiger partial charge in [-0.3, -0.25) is 0 Å². The van der Waals surface area contributed by atoms with Gasteiger partial charge in [0.1, 0.15) is 11.5 Å². The van der Waals surface area contributed by atoms with Gasteiger partial charge in [-0.25, -0.2) is 9.59 Å². The van der Waals surface area contributed by atoms with Crippen molar-refractivity contribution in [2.24, 2.45) is 0 Å². The van der Waals surface area contributed by atoms with E-state index in [2.05, 4.69) is 21.3 Å². The van der Waals surface area contributed by atoms with Crippen molar-refractivity contribution in [2.45, 2.75) is 6.42 Å². The molecular weight excluding hydrogens is 468 g/mol. The lowest BCUT2D eigenvalue weighted by atomic mass is 10.0. The summed E-state index contributed by atoms with van der Waals surface area (Å²) in [5.41, 5.74) is 4.72. The smallest absolute Gasteiger partial charge is 0.323 e. The molecule has 4 aromatic carbocycles. The van der Waals surface area contributed by atoms with Gasteiger partial charge in [-0.15, -0.1) is 0 Å². The first-order valence-electron chi connectivity index (χ1n) is 11.6. The van der Waals surface area contributed by atoms with E-state index in [1.54, 1.807) is 38.5 Å². The van der Waals surface area contributed by atoms with Crippen molar-refractivity contribution >= 4 is 34.8 Å². The number of nitrogens with one attached hydrogen (secondary N) is 4. The zero-order valence-corrected chi connectivity index (χ0v) is 20.6. The van der Waals surface area contributed by atoms with Crippen molar-refractivity contribution < 1.29 is 19.1 Å². The summed E-state index contributed by atoms with van der Waals surface area (Å²) in [5.74, 6) is 1.18. The van der Waals surface area contributed by atoms with Crippen LogP contribution in [0.2, 0.25) is 0 Å². The molecule has 0 aliphatic carbocycles. The Hall–Kier alpha value is -4.98. The summed E-state index contributed by atoms with van der Waals surface area (Å²) in [7, 11) is 3.11. The quantitative estimate of drug-likeness (QED) is 0.221. The van der Waals surface area contributed by atoms with Crippen molar-refractivity contribution in [3.63, 3.8) is 0 Å². The van der Waals surface area contributed by atoms with Crippen LogP contribution in [0.5, 0.6) is 11.5 Å². The van der Waals surface area contributed by atoms with Gasteiger partial charge >= 0.3 is 12.1 Å². The topological polar surface area (TPSA) is 101 Å². The maximum atomic E-state index is 12.4. The second-order valence-corrected chi connectivity index (χ2v) is 8.13. The summed E-state index contributed by atoms with van der Waals surface area (Å²) in [6.45, 7) is 0. The lowest BCUT2D eigenvalue weighted by Crippen LogP contribution is -2.19. The summed E-state index contributed by atoms with van der Waals surface area (Å²) in [5, 5.41) is 11.2. The molecule has 188 valence electrons. The molecule has 4 amide bonds. The van der Waals surface area contributed by atoms with Crippen LogP contribution in [0.4, 0.5) is 32.3 Å². The van der Waals surface area contributed by atoms with Gasteiger partial charge in [0.05, 0.1) is 25.6 Å². The van der Waals surface area contributed by atoms with Gasteiger partial charge in [0.15, 0.2) is 0 Å². The Morgan fingerprint density at radius 1 is 0.541 bits per heavy atom. The number of carbonyl (C=O) groups excluding carboxylic acids is 2. The summed E-state index contributed by atoms with van der Waals surface area (Å²) >= 11 is 0. The fourth-order valence-electron chi connectivity index (χ4n) is 3.71. The van der Waals surface area contributed by atoms with Gasteiger partial charge in [0, 0.05) is 11.4 Å². The number of hydrogen-bond donors (Lipinski definition) is 4. The normalized spacial score (nSPS) is 10.2. The third-order valence-electron chi connectivity index (χ3n) is 5.54. The number of para-hydroxylation sites is 4. The van der Waals surface area contributed by atoms with Crippen LogP contribution in [0.1, 0.15) is 11.1 Å². The molecule has 0 aliphatic rings. The minimum Gasteiger partial charge on any atom is -0.495 e. The molecule has 0 unspecified atom stereocenters. The maximum Gasteiger partial charge on any atom is 0.323 e. The fraction of sp³-hybridized carbons (Fsp3) is 0.103. The third-order valence-corrected chi connectivity index (χ3v) is 5.54. The second-order valence-electron chi connectivity index (χ2n) is 8.13. The number of amides is 4. The monoisotopic (exact) mass is 496 g/mol. The Morgan fingerprint density at radius 3 is 1.30 bits per heavy atom. The minimum atomic E-state index is -0.352. The number of rotatable bonds is 8. The molecule has 0 bridgehead atoms. The Kier molecular flexibility index (Phi) is 8.23. The number of anilines is 4. The van der Waals surface area contributed by atoms with E-state index in [0.29, 0.717) is 40.7 Å². The zero-order chi connectivity index (χ0) is 26.0. The molecule has 0 fully saturated rings. The van der Waals surface area contributed by atoms with Crippen LogP contribution in [-0.2, 0) is 6.42 Å². The van der Waals surface area contributed by atoms with Crippen molar-refractivity contribution in [1.29, 1.82) is 0 Å². The largest absolute Gasteiger partial charge is 0.495 e. The fourth-order valence-corrected chi connectivity index (χ4v) is 3.71. The van der Waals surface area contributed by atoms with Crippen LogP contribution in [0.25, 0.3) is 0 Å². The molecule has 0 saturated carbocycles. The Morgan fingerprint density at radius 2 is 0.919 bits per heavy atom. The first-order valence-corrected chi connectivity index (χ1v) is 11.6. The van der Waals surface area contributed by atoms with Crippen LogP contribution >= 0.6 is 0 Å². The van der Waals surface area contributed by atoms with Crippen molar-refractivity contribution in [2.75, 3.05) is 35.5 Å². The molecule has 0 heterocycles. The first-order chi connectivity index (χ1) is 18.0. The molecule has 37 heavy (non-hydrogen) atoms. The molecule has 0 saturated heterocycles. The van der Waals surface area contributed by atoms with E-state index in [1.165, 1.54) is 0 Å². The van der Waals surface area contributed by atoms with E-state index in [0.717, 1.165) is 11.1 Å². The first kappa shape index (κ1) is 25.1. The molecule has 8 heteroatoms. The van der Waals surface area contributed by atoms with Crippen LogP contribution in [0.15, 0.2) is 97.1 Å². The summed E-state index contributed by atoms with van der Waals surface area (Å²) < 4.78 is 10.5. The highest BCUT2D eigenvalue weighted by Gasteiger charge is 2.09. The van der Waals surface area contributed by atoms with Gasteiger partial charge in [0.25, 0.3) is 0 Å². The van der Waals surface area contributed by atoms with E-state index in [-0.39, 0.29) is 12.1 Å². The van der Waals surface area contributed by atoms with E-state index in [4.69, 9.17) is 9.47 Å². The number of carbonyl (C=O) groups is 2. The van der Waals surface area contributed by atoms with E-state index in [1.807, 2.05) is 72.8 Å². The lowest BCUT2D eigenvalue weighted by molar-refractivity contribution is 0.261. The lowest BCUT2D eigenvalue weighted by Gasteiger charge is -2.12. The molecule has 0 aromatic heterocycles. The predicted molar refractivity (Wildman–Crippen MR) is 147 cm³/mol. The molecule has 0 spiro atoms. The maximum absolute atomic E-state index is 12.4. The highest BCUT2D eigenvalue weighted by molar-refractivity contribution is 6.01. The summed E-state index contributed by atoms with van der Waals surface area (Å²) in [6.07, 6.45) is 0.710. The van der Waals surface area contributed by atoms with Crippen LogP contribution in [-0.4, -0.2) is 26.3 Å². The summed E-state index contributed by atoms with van der Waals surface area (Å²) in [6, 6.07) is 29.0. The average Bonchev–Trinajstić information content (AvgIpc) is 2.91. The van der Waals surface area contributed by atoms with Gasteiger partial charge in [-0.2, -0.15) is 0 Å². The predicted octanol–water partition coefficient (Wildman–Crippen LogP) is 6.58. The molecule has 4 N–H and O–H groups in total. The average molecular weight is 497 g/mol. The second kappa shape index (κ2) is 12.1.